The number of hydrogen-bond donors (Lipinski definition) is 0. The van der Waals surface area contributed by atoms with Crippen molar-refractivity contribution < 1.29 is 4.79 Å². The Hall–Kier alpha value is -1.15. The van der Waals surface area contributed by atoms with Crippen LogP contribution in [-0.4, -0.2) is 31.3 Å². The van der Waals surface area contributed by atoms with Crippen LogP contribution < -0.4 is 0 Å². The molecule has 0 aromatic heterocycles. The Kier molecular flexibility index (Phi) is 4.18. The lowest BCUT2D eigenvalue weighted by Crippen LogP contribution is -2.42. The predicted octanol–water partition coefficient (Wildman–Crippen LogP) is 3.02. The van der Waals surface area contributed by atoms with Gasteiger partial charge in [-0.05, 0) is 32.5 Å². The van der Waals surface area contributed by atoms with Crippen LogP contribution in [0.2, 0.25) is 0 Å². The van der Waals surface area contributed by atoms with Gasteiger partial charge in [0.25, 0.3) is 0 Å². The van der Waals surface area contributed by atoms with Crippen LogP contribution in [0.15, 0.2) is 30.3 Å². The van der Waals surface area contributed by atoms with Gasteiger partial charge >= 0.3 is 0 Å². The molecule has 1 fully saturated rings. The number of likely N-dealkylation sites (N-methyl/N-ethyl adjacent to an activating group) is 1. The molecule has 1 saturated carbocycles. The van der Waals surface area contributed by atoms with Gasteiger partial charge in [0.2, 0.25) is 0 Å². The summed E-state index contributed by atoms with van der Waals surface area (Å²) < 4.78 is 0. The molecule has 2 heteroatoms. The number of hydrogen-bond acceptors (Lipinski definition) is 2. The fourth-order valence-electron chi connectivity index (χ4n) is 3.08. The van der Waals surface area contributed by atoms with Crippen molar-refractivity contribution in [1.29, 1.82) is 0 Å². The summed E-state index contributed by atoms with van der Waals surface area (Å²) in [6, 6.07) is 10.4. The second kappa shape index (κ2) is 5.66. The first kappa shape index (κ1) is 13.3. The zero-order valence-electron chi connectivity index (χ0n) is 11.5. The number of ketones is 1. The molecule has 0 spiro atoms. The highest BCUT2D eigenvalue weighted by Crippen LogP contribution is 2.40. The molecule has 0 atom stereocenters. The minimum Gasteiger partial charge on any atom is -0.302 e. The second-order valence-corrected chi connectivity index (χ2v) is 5.67. The Labute approximate surface area is 110 Å². The number of Topliss-reactive ketones (excluding diaryl/α,β-unsaturated/α-hetero) is 1. The van der Waals surface area contributed by atoms with E-state index in [1.54, 1.807) is 0 Å². The molecule has 0 unspecified atom stereocenters. The van der Waals surface area contributed by atoms with Crippen LogP contribution in [-0.2, 0) is 10.2 Å². The van der Waals surface area contributed by atoms with Gasteiger partial charge in [-0.1, -0.05) is 49.6 Å². The third-order valence-electron chi connectivity index (χ3n) is 4.03. The van der Waals surface area contributed by atoms with Crippen molar-refractivity contribution in [3.05, 3.63) is 35.9 Å². The van der Waals surface area contributed by atoms with Gasteiger partial charge in [0.05, 0.1) is 12.0 Å². The van der Waals surface area contributed by atoms with Crippen molar-refractivity contribution in [3.63, 3.8) is 0 Å². The van der Waals surface area contributed by atoms with Crippen LogP contribution in [0.1, 0.15) is 37.7 Å². The Morgan fingerprint density at radius 1 is 1.11 bits per heavy atom. The monoisotopic (exact) mass is 245 g/mol. The lowest BCUT2D eigenvalue weighted by molar-refractivity contribution is -0.126. The summed E-state index contributed by atoms with van der Waals surface area (Å²) in [6.07, 6.45) is 5.65. The molecule has 18 heavy (non-hydrogen) atoms. The number of nitrogens with zero attached hydrogens (tertiary/aromatic N) is 1. The van der Waals surface area contributed by atoms with E-state index in [2.05, 4.69) is 24.3 Å². The van der Waals surface area contributed by atoms with Crippen molar-refractivity contribution in [1.82, 2.24) is 4.90 Å². The fraction of sp³-hybridized carbons (Fsp3) is 0.562. The molecule has 0 aliphatic heterocycles. The molecule has 1 aliphatic rings. The Bertz CT molecular complexity index is 391. The number of benzene rings is 1. The largest absolute Gasteiger partial charge is 0.302 e. The molecular weight excluding hydrogens is 222 g/mol. The first-order valence-corrected chi connectivity index (χ1v) is 6.89. The molecule has 1 aromatic rings. The van der Waals surface area contributed by atoms with Crippen LogP contribution in [0.5, 0.6) is 0 Å². The van der Waals surface area contributed by atoms with Crippen LogP contribution in [0, 0.1) is 0 Å². The van der Waals surface area contributed by atoms with E-state index < -0.39 is 0 Å². The smallest absolute Gasteiger partial charge is 0.157 e. The third-order valence-corrected chi connectivity index (χ3v) is 4.03. The van der Waals surface area contributed by atoms with Gasteiger partial charge in [-0.2, -0.15) is 0 Å². The molecule has 0 heterocycles. The number of carbonyl (C=O) groups is 1. The first-order chi connectivity index (χ1) is 8.65. The molecule has 0 N–H and O–H groups in total. The lowest BCUT2D eigenvalue weighted by Gasteiger charge is -2.37. The zero-order chi connectivity index (χ0) is 13.0. The molecule has 1 aromatic carbocycles. The van der Waals surface area contributed by atoms with Crippen LogP contribution in [0.4, 0.5) is 0 Å². The minimum absolute atomic E-state index is 0.218. The third kappa shape index (κ3) is 2.64. The highest BCUT2D eigenvalue weighted by Gasteiger charge is 2.40. The van der Waals surface area contributed by atoms with Crippen molar-refractivity contribution in [2.24, 2.45) is 0 Å². The van der Waals surface area contributed by atoms with Crippen molar-refractivity contribution >= 4 is 5.78 Å². The van der Waals surface area contributed by atoms with E-state index in [0.717, 1.165) is 12.8 Å². The van der Waals surface area contributed by atoms with Crippen molar-refractivity contribution in [2.75, 3.05) is 20.6 Å². The van der Waals surface area contributed by atoms with Crippen molar-refractivity contribution in [3.8, 4) is 0 Å². The molecule has 0 saturated heterocycles. The van der Waals surface area contributed by atoms with Crippen LogP contribution in [0.3, 0.4) is 0 Å². The van der Waals surface area contributed by atoms with Gasteiger partial charge in [0.1, 0.15) is 0 Å². The molecule has 0 radical (unpaired) electrons. The zero-order valence-corrected chi connectivity index (χ0v) is 11.5. The van der Waals surface area contributed by atoms with Gasteiger partial charge in [-0.25, -0.2) is 0 Å². The highest BCUT2D eigenvalue weighted by molar-refractivity contribution is 5.91. The Balaban J connectivity index is 2.31. The van der Waals surface area contributed by atoms with Crippen LogP contribution >= 0.6 is 0 Å². The topological polar surface area (TPSA) is 20.3 Å². The molecule has 98 valence electrons. The normalized spacial score (nSPS) is 18.8. The van der Waals surface area contributed by atoms with E-state index in [-0.39, 0.29) is 5.41 Å². The maximum absolute atomic E-state index is 12.7. The van der Waals surface area contributed by atoms with E-state index in [9.17, 15) is 4.79 Å². The van der Waals surface area contributed by atoms with Gasteiger partial charge in [-0.3, -0.25) is 4.79 Å². The fourth-order valence-corrected chi connectivity index (χ4v) is 3.08. The Morgan fingerprint density at radius 3 is 2.28 bits per heavy atom. The summed E-state index contributed by atoms with van der Waals surface area (Å²) in [5, 5.41) is 0. The average molecular weight is 245 g/mol. The summed E-state index contributed by atoms with van der Waals surface area (Å²) in [4.78, 5) is 14.7. The summed E-state index contributed by atoms with van der Waals surface area (Å²) in [7, 11) is 3.94. The standard InChI is InChI=1S/C16H23NO/c1-17(2)13-15(18)16(11-7-4-8-12-16)14-9-5-3-6-10-14/h3,5-6,9-10H,4,7-8,11-13H2,1-2H3. The minimum atomic E-state index is -0.218. The van der Waals surface area contributed by atoms with E-state index in [1.165, 1.54) is 24.8 Å². The summed E-state index contributed by atoms with van der Waals surface area (Å²) in [5.74, 6) is 0.387. The SMILES string of the molecule is CN(C)CC(=O)C1(c2ccccc2)CCCCC1. The predicted molar refractivity (Wildman–Crippen MR) is 74.8 cm³/mol. The maximum atomic E-state index is 12.7. The molecule has 0 bridgehead atoms. The molecule has 2 rings (SSSR count). The summed E-state index contributed by atoms with van der Waals surface area (Å²) >= 11 is 0. The van der Waals surface area contributed by atoms with Crippen LogP contribution in [0.25, 0.3) is 0 Å². The number of rotatable bonds is 4. The van der Waals surface area contributed by atoms with E-state index >= 15 is 0 Å². The maximum Gasteiger partial charge on any atom is 0.157 e. The Morgan fingerprint density at radius 2 is 1.72 bits per heavy atom. The van der Waals surface area contributed by atoms with Crippen molar-refractivity contribution in [2.45, 2.75) is 37.5 Å². The summed E-state index contributed by atoms with van der Waals surface area (Å²) in [5.41, 5.74) is 1.00. The molecule has 1 aliphatic carbocycles. The molecule has 0 amide bonds. The van der Waals surface area contributed by atoms with Gasteiger partial charge < -0.3 is 4.90 Å². The molecular formula is C16H23NO. The lowest BCUT2D eigenvalue weighted by atomic mass is 9.66. The highest BCUT2D eigenvalue weighted by atomic mass is 16.1. The van der Waals surface area contributed by atoms with E-state index in [0.29, 0.717) is 12.3 Å². The average Bonchev–Trinajstić information content (AvgIpc) is 2.40. The number of carbonyl (C=O) groups excluding carboxylic acids is 1. The van der Waals surface area contributed by atoms with Gasteiger partial charge in [0.15, 0.2) is 5.78 Å². The first-order valence-electron chi connectivity index (χ1n) is 6.89. The summed E-state index contributed by atoms with van der Waals surface area (Å²) in [6.45, 7) is 0.550. The second-order valence-electron chi connectivity index (χ2n) is 5.67. The van der Waals surface area contributed by atoms with Gasteiger partial charge in [0, 0.05) is 0 Å². The van der Waals surface area contributed by atoms with E-state index in [4.69, 9.17) is 0 Å². The van der Waals surface area contributed by atoms with E-state index in [1.807, 2.05) is 25.1 Å². The van der Waals surface area contributed by atoms with Gasteiger partial charge in [-0.15, -0.1) is 0 Å². The quantitative estimate of drug-likeness (QED) is 0.812. The molecule has 2 nitrogen and oxygen atoms in total.